The van der Waals surface area contributed by atoms with E-state index in [1.807, 2.05) is 0 Å². The smallest absolute Gasteiger partial charge is 0.00982 e. The van der Waals surface area contributed by atoms with E-state index in [1.165, 1.54) is 166 Å². The van der Waals surface area contributed by atoms with Crippen LogP contribution in [-0.4, -0.2) is 0 Å². The van der Waals surface area contributed by atoms with Crippen molar-refractivity contribution in [2.75, 3.05) is 0 Å². The molecule has 5 aliphatic rings. The maximum Gasteiger partial charge on any atom is 0.00982 e. The van der Waals surface area contributed by atoms with Gasteiger partial charge in [-0.15, -0.1) is 0 Å². The summed E-state index contributed by atoms with van der Waals surface area (Å²) in [5.41, 5.74) is 11.5. The third-order valence-electron chi connectivity index (χ3n) is 11.0. The molecule has 46 heavy (non-hydrogen) atoms. The van der Waals surface area contributed by atoms with Gasteiger partial charge in [0.1, 0.15) is 0 Å². The monoisotopic (exact) mass is 617 g/mol. The lowest BCUT2D eigenvalue weighted by Crippen LogP contribution is -2.16. The van der Waals surface area contributed by atoms with Gasteiger partial charge >= 0.3 is 0 Å². The fourth-order valence-electron chi connectivity index (χ4n) is 8.38. The Morgan fingerprint density at radius 3 is 1.78 bits per heavy atom. The summed E-state index contributed by atoms with van der Waals surface area (Å²) in [6.07, 6.45) is 64.6. The second-order valence-corrected chi connectivity index (χ2v) is 14.5. The van der Waals surface area contributed by atoms with Gasteiger partial charge in [0.25, 0.3) is 0 Å². The lowest BCUT2D eigenvalue weighted by molar-refractivity contribution is 0.561. The van der Waals surface area contributed by atoms with Crippen molar-refractivity contribution in [2.24, 2.45) is 5.92 Å². The number of hydrogen-bond acceptors (Lipinski definition) is 0. The molecule has 248 valence electrons. The van der Waals surface area contributed by atoms with Crippen molar-refractivity contribution in [2.45, 2.75) is 161 Å². The molecule has 0 heteroatoms. The van der Waals surface area contributed by atoms with Crippen LogP contribution in [0.3, 0.4) is 0 Å². The second kappa shape index (κ2) is 20.6. The SMILES string of the molecule is C1=CC=CC(C2CCCCCC=C(C3=CCCCCCCCC3)C(C3=CC=CCCCCC3)=C2C2=CCCCCCCC2)=CC=C1. The molecule has 0 spiro atoms. The van der Waals surface area contributed by atoms with Gasteiger partial charge in [-0.3, -0.25) is 0 Å². The molecule has 0 aromatic rings. The van der Waals surface area contributed by atoms with Crippen LogP contribution in [0.4, 0.5) is 0 Å². The van der Waals surface area contributed by atoms with Crippen LogP contribution in [-0.2, 0) is 0 Å². The number of hydrogen-bond donors (Lipinski definition) is 0. The van der Waals surface area contributed by atoms with Gasteiger partial charge in [0, 0.05) is 5.92 Å². The predicted molar refractivity (Wildman–Crippen MR) is 203 cm³/mol. The first-order chi connectivity index (χ1) is 22.9. The van der Waals surface area contributed by atoms with Gasteiger partial charge in [-0.25, -0.2) is 0 Å². The first kappa shape index (κ1) is 34.7. The van der Waals surface area contributed by atoms with Gasteiger partial charge in [0.15, 0.2) is 0 Å². The maximum atomic E-state index is 2.74. The Morgan fingerprint density at radius 1 is 0.413 bits per heavy atom. The fourth-order valence-corrected chi connectivity index (χ4v) is 8.38. The van der Waals surface area contributed by atoms with Crippen molar-refractivity contribution < 1.29 is 0 Å². The Kier molecular flexibility index (Phi) is 15.5. The summed E-state index contributed by atoms with van der Waals surface area (Å²) in [5, 5.41) is 0. The van der Waals surface area contributed by atoms with Crippen LogP contribution in [0.2, 0.25) is 0 Å². The van der Waals surface area contributed by atoms with Gasteiger partial charge in [-0.1, -0.05) is 143 Å². The van der Waals surface area contributed by atoms with Crippen molar-refractivity contribution >= 4 is 0 Å². The van der Waals surface area contributed by atoms with Gasteiger partial charge in [-0.05, 0) is 135 Å². The maximum absolute atomic E-state index is 2.74. The Balaban J connectivity index is 1.79. The molecule has 0 aromatic heterocycles. The standard InChI is InChI=1S/C46H64/c1-2-9-19-29-39(30-20-10-3-1)43-37-27-17-18-28-38-44(40-31-21-15-8-16-22-32-40)46(42-35-25-13-6-7-14-26-36-42)45(43)41-33-23-11-4-5-12-24-34-41/h8,11,15-16,21-23,29,31-33,35,37,44H,1-7,9-10,12-14,17-20,24-28,30,34,36,38H2. The zero-order chi connectivity index (χ0) is 31.5. The van der Waals surface area contributed by atoms with Gasteiger partial charge < -0.3 is 0 Å². The van der Waals surface area contributed by atoms with Crippen molar-refractivity contribution in [3.8, 4) is 0 Å². The molecule has 5 aliphatic carbocycles. The molecule has 0 saturated carbocycles. The van der Waals surface area contributed by atoms with Crippen molar-refractivity contribution in [1.29, 1.82) is 0 Å². The molecule has 0 saturated heterocycles. The molecule has 1 atom stereocenters. The van der Waals surface area contributed by atoms with E-state index >= 15 is 0 Å². The zero-order valence-corrected chi connectivity index (χ0v) is 29.3. The lowest BCUT2D eigenvalue weighted by atomic mass is 9.72. The molecule has 5 rings (SSSR count). The highest BCUT2D eigenvalue weighted by Crippen LogP contribution is 2.45. The van der Waals surface area contributed by atoms with Crippen LogP contribution in [0.5, 0.6) is 0 Å². The van der Waals surface area contributed by atoms with Gasteiger partial charge in [-0.2, -0.15) is 0 Å². The molecule has 0 aromatic carbocycles. The van der Waals surface area contributed by atoms with E-state index in [2.05, 4.69) is 79.0 Å². The normalized spacial score (nSPS) is 25.4. The van der Waals surface area contributed by atoms with Crippen molar-refractivity contribution in [3.05, 3.63) is 118 Å². The van der Waals surface area contributed by atoms with E-state index in [0.717, 1.165) is 0 Å². The highest BCUT2D eigenvalue weighted by atomic mass is 14.3. The van der Waals surface area contributed by atoms with Crippen LogP contribution < -0.4 is 0 Å². The first-order valence-corrected chi connectivity index (χ1v) is 19.8. The quantitative estimate of drug-likeness (QED) is 0.295. The van der Waals surface area contributed by atoms with Crippen molar-refractivity contribution in [1.82, 2.24) is 0 Å². The van der Waals surface area contributed by atoms with Crippen LogP contribution in [0.15, 0.2) is 118 Å². The summed E-state index contributed by atoms with van der Waals surface area (Å²) in [7, 11) is 0. The van der Waals surface area contributed by atoms with Crippen LogP contribution in [0.25, 0.3) is 0 Å². The molecule has 1 unspecified atom stereocenters. The molecule has 0 amide bonds. The Morgan fingerprint density at radius 2 is 0.978 bits per heavy atom. The van der Waals surface area contributed by atoms with Crippen LogP contribution >= 0.6 is 0 Å². The molecule has 0 bridgehead atoms. The molecule has 0 aliphatic heterocycles. The summed E-state index contributed by atoms with van der Waals surface area (Å²) in [6.45, 7) is 0. The molecule has 0 fully saturated rings. The van der Waals surface area contributed by atoms with Crippen LogP contribution in [0, 0.1) is 5.92 Å². The molecule has 0 N–H and O–H groups in total. The second-order valence-electron chi connectivity index (χ2n) is 14.5. The van der Waals surface area contributed by atoms with E-state index in [0.29, 0.717) is 5.92 Å². The van der Waals surface area contributed by atoms with Crippen LogP contribution in [0.1, 0.15) is 161 Å². The average Bonchev–Trinajstić information content (AvgIpc) is 3.29. The third kappa shape index (κ3) is 11.0. The van der Waals surface area contributed by atoms with E-state index < -0.39 is 0 Å². The largest absolute Gasteiger partial charge is 0.0845 e. The Hall–Kier alpha value is -2.60. The minimum absolute atomic E-state index is 0.425. The highest BCUT2D eigenvalue weighted by Gasteiger charge is 2.29. The lowest BCUT2D eigenvalue weighted by Gasteiger charge is -2.32. The molecule has 0 heterocycles. The zero-order valence-electron chi connectivity index (χ0n) is 29.3. The highest BCUT2D eigenvalue weighted by molar-refractivity contribution is 5.64. The summed E-state index contributed by atoms with van der Waals surface area (Å²) in [4.78, 5) is 0. The van der Waals surface area contributed by atoms with E-state index in [-0.39, 0.29) is 0 Å². The number of rotatable bonds is 4. The molecular weight excluding hydrogens is 553 g/mol. The predicted octanol–water partition coefficient (Wildman–Crippen LogP) is 14.6. The van der Waals surface area contributed by atoms with E-state index in [4.69, 9.17) is 0 Å². The Labute approximate surface area is 283 Å². The summed E-state index contributed by atoms with van der Waals surface area (Å²) >= 11 is 0. The first-order valence-electron chi connectivity index (χ1n) is 19.8. The summed E-state index contributed by atoms with van der Waals surface area (Å²) < 4.78 is 0. The topological polar surface area (TPSA) is 0 Å². The number of allylic oxidation sites excluding steroid dienone is 20. The summed E-state index contributed by atoms with van der Waals surface area (Å²) in [5.74, 6) is 0.425. The minimum Gasteiger partial charge on any atom is -0.0845 e. The average molecular weight is 617 g/mol. The molecule has 0 nitrogen and oxygen atoms in total. The van der Waals surface area contributed by atoms with Crippen molar-refractivity contribution in [3.63, 3.8) is 0 Å². The van der Waals surface area contributed by atoms with E-state index in [1.54, 1.807) is 33.4 Å². The molecule has 0 radical (unpaired) electrons. The Bertz CT molecular complexity index is 1260. The van der Waals surface area contributed by atoms with Gasteiger partial charge in [0.05, 0.1) is 0 Å². The molecular formula is C46H64. The third-order valence-corrected chi connectivity index (χ3v) is 11.0. The van der Waals surface area contributed by atoms with E-state index in [9.17, 15) is 0 Å². The van der Waals surface area contributed by atoms with Gasteiger partial charge in [0.2, 0.25) is 0 Å². The summed E-state index contributed by atoms with van der Waals surface area (Å²) in [6, 6.07) is 0. The minimum atomic E-state index is 0.425. The fraction of sp³-hybridized carbons (Fsp3) is 0.565.